The van der Waals surface area contributed by atoms with Gasteiger partial charge in [-0.15, -0.1) is 0 Å². The molecule has 0 fully saturated rings. The topological polar surface area (TPSA) is 132 Å². The molecule has 7 nitrogen and oxygen atoms in total. The van der Waals surface area contributed by atoms with Gasteiger partial charge in [-0.2, -0.15) is 0 Å². The Morgan fingerprint density at radius 1 is 1.26 bits per heavy atom. The van der Waals surface area contributed by atoms with Crippen molar-refractivity contribution in [1.82, 2.24) is 0 Å². The van der Waals surface area contributed by atoms with Crippen molar-refractivity contribution < 1.29 is 16.8 Å². The lowest BCUT2D eigenvalue weighted by Gasteiger charge is -2.16. The van der Waals surface area contributed by atoms with Gasteiger partial charge in [0.1, 0.15) is 9.84 Å². The number of sulfone groups is 1. The highest BCUT2D eigenvalue weighted by Gasteiger charge is 2.13. The van der Waals surface area contributed by atoms with Crippen molar-refractivity contribution in [2.45, 2.75) is 17.9 Å². The van der Waals surface area contributed by atoms with Crippen LogP contribution in [0, 0.1) is 0 Å². The normalized spacial score (nSPS) is 14.1. The number of nitrogens with two attached hydrogens (primary N) is 2. The zero-order chi connectivity index (χ0) is 14.8. The van der Waals surface area contributed by atoms with Crippen LogP contribution in [-0.4, -0.2) is 34.9 Å². The Morgan fingerprint density at radius 2 is 1.84 bits per heavy atom. The summed E-state index contributed by atoms with van der Waals surface area (Å²) in [5, 5.41) is 7.88. The van der Waals surface area contributed by atoms with Crippen molar-refractivity contribution in [1.29, 1.82) is 0 Å². The average molecular weight is 307 g/mol. The maximum atomic E-state index is 11.1. The summed E-state index contributed by atoms with van der Waals surface area (Å²) < 4.78 is 44.5. The molecule has 0 aliphatic heterocycles. The molecular weight excluding hydrogens is 290 g/mol. The fourth-order valence-electron chi connectivity index (χ4n) is 1.61. The van der Waals surface area contributed by atoms with E-state index in [4.69, 9.17) is 10.9 Å². The van der Waals surface area contributed by atoms with Crippen LogP contribution in [0.15, 0.2) is 23.1 Å². The van der Waals surface area contributed by atoms with Gasteiger partial charge in [-0.25, -0.2) is 22.0 Å². The molecule has 1 unspecified atom stereocenters. The van der Waals surface area contributed by atoms with Crippen molar-refractivity contribution in [3.05, 3.63) is 18.2 Å². The lowest BCUT2D eigenvalue weighted by Crippen LogP contribution is -2.25. The number of hydrogen-bond acceptors (Lipinski definition) is 6. The number of primary sulfonamides is 1. The second-order valence-electron chi connectivity index (χ2n) is 4.43. The van der Waals surface area contributed by atoms with Crippen LogP contribution >= 0.6 is 0 Å². The maximum Gasteiger partial charge on any atom is 0.238 e. The van der Waals surface area contributed by atoms with Gasteiger partial charge in [0.2, 0.25) is 10.0 Å². The number of rotatable bonds is 5. The maximum absolute atomic E-state index is 11.1. The first-order chi connectivity index (χ1) is 8.49. The van der Waals surface area contributed by atoms with Gasteiger partial charge < -0.3 is 11.1 Å². The first-order valence-corrected chi connectivity index (χ1v) is 8.96. The van der Waals surface area contributed by atoms with E-state index in [0.29, 0.717) is 5.69 Å². The predicted octanol–water partition coefficient (Wildman–Crippen LogP) is -0.239. The van der Waals surface area contributed by atoms with E-state index in [1.807, 2.05) is 0 Å². The Balaban J connectivity index is 2.93. The summed E-state index contributed by atoms with van der Waals surface area (Å²) in [5.41, 5.74) is 6.35. The third kappa shape index (κ3) is 5.05. The van der Waals surface area contributed by atoms with Crippen molar-refractivity contribution >= 4 is 31.2 Å². The first kappa shape index (κ1) is 15.7. The first-order valence-electron chi connectivity index (χ1n) is 5.35. The molecule has 0 aliphatic carbocycles. The van der Waals surface area contributed by atoms with Gasteiger partial charge >= 0.3 is 0 Å². The molecule has 1 rings (SSSR count). The summed E-state index contributed by atoms with van der Waals surface area (Å²) in [4.78, 5) is -0.0914. The molecule has 1 aromatic rings. The van der Waals surface area contributed by atoms with Gasteiger partial charge in [-0.1, -0.05) is 0 Å². The molecule has 0 aromatic heterocycles. The van der Waals surface area contributed by atoms with E-state index in [-0.39, 0.29) is 22.4 Å². The van der Waals surface area contributed by atoms with Gasteiger partial charge in [0.15, 0.2) is 0 Å². The number of hydrogen-bond donors (Lipinski definition) is 3. The van der Waals surface area contributed by atoms with Crippen LogP contribution < -0.4 is 16.2 Å². The Kier molecular flexibility index (Phi) is 4.43. The molecule has 9 heteroatoms. The van der Waals surface area contributed by atoms with Gasteiger partial charge in [0, 0.05) is 12.3 Å². The highest BCUT2D eigenvalue weighted by molar-refractivity contribution is 7.90. The monoisotopic (exact) mass is 307 g/mol. The second kappa shape index (κ2) is 5.35. The van der Waals surface area contributed by atoms with Gasteiger partial charge in [0.25, 0.3) is 0 Å². The summed E-state index contributed by atoms with van der Waals surface area (Å²) in [5.74, 6) is -0.0522. The van der Waals surface area contributed by atoms with Crippen molar-refractivity contribution in [2.75, 3.05) is 23.1 Å². The lowest BCUT2D eigenvalue weighted by molar-refractivity contribution is 0.596. The predicted molar refractivity (Wildman–Crippen MR) is 75.0 cm³/mol. The Bertz CT molecular complexity index is 668. The lowest BCUT2D eigenvalue weighted by atomic mass is 10.2. The zero-order valence-electron chi connectivity index (χ0n) is 10.6. The van der Waals surface area contributed by atoms with E-state index in [2.05, 4.69) is 5.32 Å². The Labute approximate surface area is 113 Å². The van der Waals surface area contributed by atoms with Gasteiger partial charge in [-0.05, 0) is 25.1 Å². The standard InChI is InChI=1S/C10H17N3O4S2/c1-7(6-18(2,14)15)13-10-4-3-8(5-9(10)11)19(12,16)17/h3-5,7,13H,6,11H2,1-2H3,(H2,12,16,17). The van der Waals surface area contributed by atoms with E-state index in [1.165, 1.54) is 18.2 Å². The minimum Gasteiger partial charge on any atom is -0.397 e. The van der Waals surface area contributed by atoms with Crippen molar-refractivity contribution in [2.24, 2.45) is 5.14 Å². The minimum absolute atomic E-state index is 0.0522. The van der Waals surface area contributed by atoms with Crippen LogP contribution in [0.1, 0.15) is 6.92 Å². The van der Waals surface area contributed by atoms with Crippen LogP contribution in [0.5, 0.6) is 0 Å². The highest BCUT2D eigenvalue weighted by atomic mass is 32.2. The summed E-state index contributed by atoms with van der Waals surface area (Å²) in [7, 11) is -6.91. The summed E-state index contributed by atoms with van der Waals surface area (Å²) in [6.07, 6.45) is 1.14. The van der Waals surface area contributed by atoms with Crippen LogP contribution in [0.4, 0.5) is 11.4 Å². The molecule has 19 heavy (non-hydrogen) atoms. The SMILES string of the molecule is CC(CS(C)(=O)=O)Nc1ccc(S(N)(=O)=O)cc1N. The van der Waals surface area contributed by atoms with E-state index < -0.39 is 19.9 Å². The smallest absolute Gasteiger partial charge is 0.238 e. The molecule has 0 radical (unpaired) electrons. The van der Waals surface area contributed by atoms with Crippen LogP contribution in [0.2, 0.25) is 0 Å². The molecule has 0 aliphatic rings. The van der Waals surface area contributed by atoms with Gasteiger partial charge in [-0.3, -0.25) is 0 Å². The molecule has 1 aromatic carbocycles. The molecule has 0 amide bonds. The number of nitrogens with one attached hydrogen (secondary N) is 1. The molecule has 0 heterocycles. The highest BCUT2D eigenvalue weighted by Crippen LogP contribution is 2.22. The van der Waals surface area contributed by atoms with Crippen molar-refractivity contribution in [3.8, 4) is 0 Å². The fraction of sp³-hybridized carbons (Fsp3) is 0.400. The van der Waals surface area contributed by atoms with Crippen molar-refractivity contribution in [3.63, 3.8) is 0 Å². The molecular formula is C10H17N3O4S2. The number of nitrogen functional groups attached to an aromatic ring is 1. The Morgan fingerprint density at radius 3 is 2.26 bits per heavy atom. The van der Waals surface area contributed by atoms with Crippen LogP contribution in [0.25, 0.3) is 0 Å². The number of benzene rings is 1. The average Bonchev–Trinajstić information content (AvgIpc) is 2.16. The van der Waals surface area contributed by atoms with Gasteiger partial charge in [0.05, 0.1) is 22.0 Å². The fourth-order valence-corrected chi connectivity index (χ4v) is 3.15. The van der Waals surface area contributed by atoms with E-state index in [1.54, 1.807) is 6.92 Å². The number of anilines is 2. The van der Waals surface area contributed by atoms with Crippen LogP contribution in [0.3, 0.4) is 0 Å². The molecule has 0 spiro atoms. The quantitative estimate of drug-likeness (QED) is 0.643. The third-order valence-corrected chi connectivity index (χ3v) is 4.32. The second-order valence-corrected chi connectivity index (χ2v) is 8.18. The molecule has 0 saturated heterocycles. The summed E-state index contributed by atoms with van der Waals surface area (Å²) in [6, 6.07) is 3.64. The number of sulfonamides is 1. The third-order valence-electron chi connectivity index (χ3n) is 2.31. The summed E-state index contributed by atoms with van der Waals surface area (Å²) >= 11 is 0. The minimum atomic E-state index is -3.80. The molecule has 108 valence electrons. The molecule has 5 N–H and O–H groups in total. The van der Waals surface area contributed by atoms with E-state index in [9.17, 15) is 16.8 Å². The van der Waals surface area contributed by atoms with E-state index >= 15 is 0 Å². The molecule has 1 atom stereocenters. The Hall–Kier alpha value is -1.32. The largest absolute Gasteiger partial charge is 0.397 e. The molecule has 0 bridgehead atoms. The molecule has 0 saturated carbocycles. The van der Waals surface area contributed by atoms with E-state index in [0.717, 1.165) is 6.26 Å². The van der Waals surface area contributed by atoms with Crippen LogP contribution in [-0.2, 0) is 19.9 Å². The summed E-state index contributed by atoms with van der Waals surface area (Å²) in [6.45, 7) is 1.69. The zero-order valence-corrected chi connectivity index (χ0v) is 12.3.